The molecule has 3 aliphatic heterocycles. The zero-order valence-corrected chi connectivity index (χ0v) is 16.7. The predicted octanol–water partition coefficient (Wildman–Crippen LogP) is 1.02. The maximum absolute atomic E-state index is 13.2. The Balaban J connectivity index is 1.40. The summed E-state index contributed by atoms with van der Waals surface area (Å²) in [5.41, 5.74) is 0.513. The van der Waals surface area contributed by atoms with Crippen LogP contribution < -0.4 is 10.6 Å². The molecule has 0 spiro atoms. The van der Waals surface area contributed by atoms with Crippen LogP contribution in [-0.2, 0) is 25.5 Å². The molecule has 2 N–H and O–H groups in total. The van der Waals surface area contributed by atoms with Crippen molar-refractivity contribution >= 4 is 17.7 Å². The van der Waals surface area contributed by atoms with Crippen LogP contribution in [0.25, 0.3) is 0 Å². The van der Waals surface area contributed by atoms with Crippen LogP contribution in [0.2, 0.25) is 0 Å². The van der Waals surface area contributed by atoms with Gasteiger partial charge in [0.2, 0.25) is 17.7 Å². The highest BCUT2D eigenvalue weighted by molar-refractivity contribution is 5.89. The van der Waals surface area contributed by atoms with Gasteiger partial charge in [-0.25, -0.2) is 0 Å². The van der Waals surface area contributed by atoms with Crippen LogP contribution in [0.4, 0.5) is 0 Å². The van der Waals surface area contributed by atoms with Crippen molar-refractivity contribution in [1.82, 2.24) is 15.5 Å². The molecule has 3 aliphatic rings. The minimum atomic E-state index is -0.589. The van der Waals surface area contributed by atoms with E-state index in [0.29, 0.717) is 52.0 Å². The number of carbonyl (C=O) groups excluding carboxylic acids is 3. The molecule has 1 aromatic carbocycles. The molecule has 29 heavy (non-hydrogen) atoms. The SMILES string of the molecule is O=C1CC[C@@H](CC(=O)N2CC(Cc3ccccc3)(C(=O)NC3CCOCC3)C2)N1. The molecular formula is C22H29N3O4. The summed E-state index contributed by atoms with van der Waals surface area (Å²) < 4.78 is 5.39. The minimum Gasteiger partial charge on any atom is -0.381 e. The Bertz CT molecular complexity index is 755. The molecule has 3 heterocycles. The van der Waals surface area contributed by atoms with E-state index in [0.717, 1.165) is 18.4 Å². The van der Waals surface area contributed by atoms with Crippen molar-refractivity contribution in [3.05, 3.63) is 35.9 Å². The molecular weight excluding hydrogens is 370 g/mol. The first-order valence-electron chi connectivity index (χ1n) is 10.5. The molecule has 4 rings (SSSR count). The van der Waals surface area contributed by atoms with Crippen LogP contribution >= 0.6 is 0 Å². The molecule has 1 aromatic rings. The fourth-order valence-electron chi connectivity index (χ4n) is 4.53. The Hall–Kier alpha value is -2.41. The van der Waals surface area contributed by atoms with Crippen LogP contribution in [0, 0.1) is 5.41 Å². The lowest BCUT2D eigenvalue weighted by atomic mass is 9.73. The lowest BCUT2D eigenvalue weighted by Crippen LogP contribution is -2.66. The van der Waals surface area contributed by atoms with Gasteiger partial charge in [0.05, 0.1) is 5.41 Å². The molecule has 7 heteroatoms. The van der Waals surface area contributed by atoms with Gasteiger partial charge in [-0.3, -0.25) is 14.4 Å². The zero-order valence-electron chi connectivity index (χ0n) is 16.7. The largest absolute Gasteiger partial charge is 0.381 e. The molecule has 0 aromatic heterocycles. The lowest BCUT2D eigenvalue weighted by Gasteiger charge is -2.49. The molecule has 156 valence electrons. The van der Waals surface area contributed by atoms with E-state index < -0.39 is 5.41 Å². The van der Waals surface area contributed by atoms with E-state index in [1.165, 1.54) is 0 Å². The first-order valence-corrected chi connectivity index (χ1v) is 10.5. The molecule has 0 bridgehead atoms. The highest BCUT2D eigenvalue weighted by Crippen LogP contribution is 2.36. The topological polar surface area (TPSA) is 87.7 Å². The Morgan fingerprint density at radius 1 is 1.14 bits per heavy atom. The smallest absolute Gasteiger partial charge is 0.230 e. The van der Waals surface area contributed by atoms with Gasteiger partial charge in [0.15, 0.2) is 0 Å². The average molecular weight is 399 g/mol. The summed E-state index contributed by atoms with van der Waals surface area (Å²) in [6.07, 6.45) is 3.79. The third kappa shape index (κ3) is 4.61. The van der Waals surface area contributed by atoms with Crippen LogP contribution in [0.15, 0.2) is 30.3 Å². The van der Waals surface area contributed by atoms with Crippen molar-refractivity contribution < 1.29 is 19.1 Å². The predicted molar refractivity (Wildman–Crippen MR) is 107 cm³/mol. The first kappa shape index (κ1) is 19.9. The molecule has 0 radical (unpaired) electrons. The van der Waals surface area contributed by atoms with E-state index in [2.05, 4.69) is 10.6 Å². The Morgan fingerprint density at radius 2 is 1.86 bits per heavy atom. The zero-order chi connectivity index (χ0) is 20.3. The molecule has 0 aliphatic carbocycles. The second-order valence-electron chi connectivity index (χ2n) is 8.56. The number of carbonyl (C=O) groups is 3. The Morgan fingerprint density at radius 3 is 2.52 bits per heavy atom. The van der Waals surface area contributed by atoms with Crippen molar-refractivity contribution in [1.29, 1.82) is 0 Å². The molecule has 1 atom stereocenters. The fourth-order valence-corrected chi connectivity index (χ4v) is 4.53. The van der Waals surface area contributed by atoms with Crippen molar-refractivity contribution in [2.24, 2.45) is 5.41 Å². The number of hydrogen-bond acceptors (Lipinski definition) is 4. The van der Waals surface area contributed by atoms with Gasteiger partial charge in [-0.15, -0.1) is 0 Å². The van der Waals surface area contributed by atoms with Crippen molar-refractivity contribution in [3.63, 3.8) is 0 Å². The number of rotatable bonds is 6. The van der Waals surface area contributed by atoms with Crippen molar-refractivity contribution in [2.75, 3.05) is 26.3 Å². The second-order valence-corrected chi connectivity index (χ2v) is 8.56. The van der Waals surface area contributed by atoms with Gasteiger partial charge in [-0.2, -0.15) is 0 Å². The molecule has 3 fully saturated rings. The lowest BCUT2D eigenvalue weighted by molar-refractivity contribution is -0.154. The van der Waals surface area contributed by atoms with Gasteiger partial charge < -0.3 is 20.3 Å². The third-order valence-corrected chi connectivity index (χ3v) is 6.27. The third-order valence-electron chi connectivity index (χ3n) is 6.27. The first-order chi connectivity index (χ1) is 14.0. The number of nitrogens with zero attached hydrogens (tertiary/aromatic N) is 1. The van der Waals surface area contributed by atoms with Gasteiger partial charge in [0.25, 0.3) is 0 Å². The van der Waals surface area contributed by atoms with Crippen molar-refractivity contribution in [3.8, 4) is 0 Å². The Labute approximate surface area is 171 Å². The molecule has 3 saturated heterocycles. The Kier molecular flexibility index (Phi) is 5.85. The van der Waals surface area contributed by atoms with E-state index in [4.69, 9.17) is 4.74 Å². The van der Waals surface area contributed by atoms with Crippen LogP contribution in [-0.4, -0.2) is 61.0 Å². The van der Waals surface area contributed by atoms with E-state index >= 15 is 0 Å². The summed E-state index contributed by atoms with van der Waals surface area (Å²) in [5, 5.41) is 6.05. The number of hydrogen-bond donors (Lipinski definition) is 2. The van der Waals surface area contributed by atoms with E-state index in [9.17, 15) is 14.4 Å². The van der Waals surface area contributed by atoms with E-state index in [1.807, 2.05) is 30.3 Å². The summed E-state index contributed by atoms with van der Waals surface area (Å²) in [4.78, 5) is 39.0. The summed E-state index contributed by atoms with van der Waals surface area (Å²) in [6, 6.07) is 10.0. The number of likely N-dealkylation sites (tertiary alicyclic amines) is 1. The standard InChI is InChI=1S/C22H29N3O4/c26-19-7-6-18(23-19)12-20(27)25-14-22(15-25,13-16-4-2-1-3-5-16)21(28)24-17-8-10-29-11-9-17/h1-5,17-18H,6-15H2,(H,23,26)(H,24,28)/t18-/m0/s1. The summed E-state index contributed by atoms with van der Waals surface area (Å²) >= 11 is 0. The van der Waals surface area contributed by atoms with E-state index in [-0.39, 0.29) is 29.8 Å². The number of amides is 3. The second kappa shape index (κ2) is 8.53. The normalized spacial score (nSPS) is 23.9. The van der Waals surface area contributed by atoms with Crippen LogP contribution in [0.1, 0.15) is 37.7 Å². The number of nitrogens with one attached hydrogen (secondary N) is 2. The number of benzene rings is 1. The monoisotopic (exact) mass is 399 g/mol. The summed E-state index contributed by atoms with van der Waals surface area (Å²) in [6.45, 7) is 2.20. The van der Waals surface area contributed by atoms with Gasteiger partial charge in [0, 0.05) is 51.2 Å². The summed E-state index contributed by atoms with van der Waals surface area (Å²) in [7, 11) is 0. The van der Waals surface area contributed by atoms with Crippen LogP contribution in [0.3, 0.4) is 0 Å². The molecule has 3 amide bonds. The average Bonchev–Trinajstić information content (AvgIpc) is 3.10. The van der Waals surface area contributed by atoms with Gasteiger partial charge >= 0.3 is 0 Å². The minimum absolute atomic E-state index is 0.0137. The quantitative estimate of drug-likeness (QED) is 0.748. The summed E-state index contributed by atoms with van der Waals surface area (Å²) in [5.74, 6) is 0.0619. The highest BCUT2D eigenvalue weighted by atomic mass is 16.5. The molecule has 0 saturated carbocycles. The van der Waals surface area contributed by atoms with Gasteiger partial charge in [-0.05, 0) is 31.2 Å². The van der Waals surface area contributed by atoms with Gasteiger partial charge in [-0.1, -0.05) is 30.3 Å². The fraction of sp³-hybridized carbons (Fsp3) is 0.591. The van der Waals surface area contributed by atoms with E-state index in [1.54, 1.807) is 4.90 Å². The molecule has 0 unspecified atom stereocenters. The maximum Gasteiger partial charge on any atom is 0.230 e. The molecule has 7 nitrogen and oxygen atoms in total. The van der Waals surface area contributed by atoms with Crippen molar-refractivity contribution in [2.45, 2.75) is 50.6 Å². The van der Waals surface area contributed by atoms with Gasteiger partial charge in [0.1, 0.15) is 0 Å². The maximum atomic E-state index is 13.2. The van der Waals surface area contributed by atoms with Crippen LogP contribution in [0.5, 0.6) is 0 Å². The number of ether oxygens (including phenoxy) is 1. The highest BCUT2D eigenvalue weighted by Gasteiger charge is 2.51.